The van der Waals surface area contributed by atoms with E-state index < -0.39 is 17.5 Å². The Morgan fingerprint density at radius 3 is 2.71 bits per heavy atom. The Labute approximate surface area is 130 Å². The van der Waals surface area contributed by atoms with E-state index in [1.54, 1.807) is 7.11 Å². The fourth-order valence-electron chi connectivity index (χ4n) is 2.13. The van der Waals surface area contributed by atoms with Crippen molar-refractivity contribution < 1.29 is 23.5 Å². The first kappa shape index (κ1) is 16.1. The van der Waals surface area contributed by atoms with E-state index in [1.807, 2.05) is 0 Å². The third-order valence-electron chi connectivity index (χ3n) is 3.08. The molecular weight excluding hydrogens is 345 g/mol. The number of fused-ring (bicyclic) bond motifs is 1. The van der Waals surface area contributed by atoms with Crippen molar-refractivity contribution in [1.29, 1.82) is 0 Å². The summed E-state index contributed by atoms with van der Waals surface area (Å²) in [5.74, 6) is -1.90. The predicted octanol–water partition coefficient (Wildman–Crippen LogP) is 2.17. The molecule has 1 heterocycles. The number of carbonyl (C=O) groups is 2. The second kappa shape index (κ2) is 7.11. The topological polar surface area (TPSA) is 55.8 Å². The summed E-state index contributed by atoms with van der Waals surface area (Å²) in [6.07, 6.45) is 0.759. The van der Waals surface area contributed by atoms with Gasteiger partial charge in [-0.2, -0.15) is 0 Å². The van der Waals surface area contributed by atoms with E-state index in [4.69, 9.17) is 9.47 Å². The summed E-state index contributed by atoms with van der Waals surface area (Å²) in [7, 11) is 1.61. The van der Waals surface area contributed by atoms with Gasteiger partial charge in [-0.1, -0.05) is 0 Å². The van der Waals surface area contributed by atoms with Gasteiger partial charge in [0.2, 0.25) is 0 Å². The van der Waals surface area contributed by atoms with E-state index in [9.17, 15) is 14.0 Å². The Morgan fingerprint density at radius 2 is 2.00 bits per heavy atom. The lowest BCUT2D eigenvalue weighted by atomic mass is 10.1. The van der Waals surface area contributed by atoms with Crippen LogP contribution in [0.25, 0.3) is 0 Å². The monoisotopic (exact) mass is 359 g/mol. The number of Topliss-reactive ketones (excluding diaryl/α,β-unsaturated/α-hetero) is 1. The lowest BCUT2D eigenvalue weighted by Crippen LogP contribution is -2.33. The Kier molecular flexibility index (Phi) is 5.44. The van der Waals surface area contributed by atoms with Crippen LogP contribution in [0.2, 0.25) is 0 Å². The standard InChI is InChI=1S/C14H15BrFNO4/c1-20-4-2-5-21-6-3-17-12-10(13(18)14(17)19)7-9(16)8-11(12)15/h7-8H,2-6H2,1H3. The van der Waals surface area contributed by atoms with Crippen LogP contribution in [0.1, 0.15) is 16.8 Å². The summed E-state index contributed by atoms with van der Waals surface area (Å²) in [5.41, 5.74) is 0.498. The summed E-state index contributed by atoms with van der Waals surface area (Å²) in [4.78, 5) is 25.1. The molecule has 7 heteroatoms. The number of methoxy groups -OCH3 is 1. The van der Waals surface area contributed by atoms with Gasteiger partial charge in [0, 0.05) is 31.3 Å². The average molecular weight is 360 g/mol. The summed E-state index contributed by atoms with van der Waals surface area (Å²) in [6, 6.07) is 2.32. The molecule has 0 atom stereocenters. The highest BCUT2D eigenvalue weighted by atomic mass is 79.9. The molecule has 114 valence electrons. The van der Waals surface area contributed by atoms with E-state index in [-0.39, 0.29) is 12.1 Å². The first-order valence-electron chi connectivity index (χ1n) is 6.48. The average Bonchev–Trinajstić information content (AvgIpc) is 2.68. The number of benzene rings is 1. The summed E-state index contributed by atoms with van der Waals surface area (Å²) >= 11 is 3.19. The van der Waals surface area contributed by atoms with Gasteiger partial charge in [-0.3, -0.25) is 9.59 Å². The molecule has 0 aromatic heterocycles. The zero-order valence-corrected chi connectivity index (χ0v) is 13.1. The van der Waals surface area contributed by atoms with Crippen molar-refractivity contribution in [2.75, 3.05) is 38.4 Å². The van der Waals surface area contributed by atoms with Crippen LogP contribution in [0.15, 0.2) is 16.6 Å². The number of anilines is 1. The minimum Gasteiger partial charge on any atom is -0.385 e. The highest BCUT2D eigenvalue weighted by Crippen LogP contribution is 2.36. The quantitative estimate of drug-likeness (QED) is 0.553. The van der Waals surface area contributed by atoms with Crippen LogP contribution in [0.3, 0.4) is 0 Å². The zero-order chi connectivity index (χ0) is 15.4. The number of halogens is 2. The largest absolute Gasteiger partial charge is 0.385 e. The fraction of sp³-hybridized carbons (Fsp3) is 0.429. The lowest BCUT2D eigenvalue weighted by molar-refractivity contribution is -0.114. The molecule has 2 rings (SSSR count). The van der Waals surface area contributed by atoms with Crippen molar-refractivity contribution in [2.45, 2.75) is 6.42 Å². The third kappa shape index (κ3) is 3.48. The van der Waals surface area contributed by atoms with Crippen LogP contribution in [0.5, 0.6) is 0 Å². The van der Waals surface area contributed by atoms with Crippen molar-refractivity contribution >= 4 is 33.3 Å². The number of hydrogen-bond acceptors (Lipinski definition) is 4. The third-order valence-corrected chi connectivity index (χ3v) is 3.68. The molecule has 1 aliphatic heterocycles. The van der Waals surface area contributed by atoms with Crippen LogP contribution < -0.4 is 4.90 Å². The maximum absolute atomic E-state index is 13.3. The Hall–Kier alpha value is -1.31. The molecule has 0 unspecified atom stereocenters. The number of hydrogen-bond donors (Lipinski definition) is 0. The molecule has 0 aliphatic carbocycles. The van der Waals surface area contributed by atoms with E-state index in [1.165, 1.54) is 11.0 Å². The van der Waals surface area contributed by atoms with Crippen LogP contribution >= 0.6 is 15.9 Å². The van der Waals surface area contributed by atoms with Crippen LogP contribution in [-0.2, 0) is 14.3 Å². The first-order valence-corrected chi connectivity index (χ1v) is 7.27. The SMILES string of the molecule is COCCCOCCN1C(=O)C(=O)c2cc(F)cc(Br)c21. The summed E-state index contributed by atoms with van der Waals surface area (Å²) in [6.45, 7) is 1.66. The molecule has 0 saturated heterocycles. The first-order chi connectivity index (χ1) is 10.1. The number of carbonyl (C=O) groups excluding carboxylic acids is 2. The molecule has 0 bridgehead atoms. The number of amides is 1. The second-order valence-corrected chi connectivity index (χ2v) is 5.38. The van der Waals surface area contributed by atoms with Gasteiger partial charge in [-0.25, -0.2) is 4.39 Å². The van der Waals surface area contributed by atoms with E-state index >= 15 is 0 Å². The van der Waals surface area contributed by atoms with Gasteiger partial charge in [-0.15, -0.1) is 0 Å². The molecule has 1 aromatic carbocycles. The van der Waals surface area contributed by atoms with Gasteiger partial charge in [0.05, 0.1) is 17.9 Å². The van der Waals surface area contributed by atoms with Gasteiger partial charge in [0.15, 0.2) is 0 Å². The normalized spacial score (nSPS) is 14.0. The number of ether oxygens (including phenoxy) is 2. The van der Waals surface area contributed by atoms with Crippen molar-refractivity contribution in [3.63, 3.8) is 0 Å². The van der Waals surface area contributed by atoms with Crippen molar-refractivity contribution in [2.24, 2.45) is 0 Å². The predicted molar refractivity (Wildman–Crippen MR) is 78.1 cm³/mol. The fourth-order valence-corrected chi connectivity index (χ4v) is 2.78. The van der Waals surface area contributed by atoms with E-state index in [2.05, 4.69) is 15.9 Å². The van der Waals surface area contributed by atoms with Gasteiger partial charge < -0.3 is 14.4 Å². The molecule has 1 aromatic rings. The minimum atomic E-state index is -0.690. The van der Waals surface area contributed by atoms with Gasteiger partial charge in [-0.05, 0) is 34.5 Å². The maximum atomic E-state index is 13.3. The molecule has 0 spiro atoms. The van der Waals surface area contributed by atoms with Crippen LogP contribution in [0, 0.1) is 5.82 Å². The lowest BCUT2D eigenvalue weighted by Gasteiger charge is -2.17. The molecule has 0 radical (unpaired) electrons. The molecular formula is C14H15BrFNO4. The van der Waals surface area contributed by atoms with Crippen molar-refractivity contribution in [1.82, 2.24) is 0 Å². The number of ketones is 1. The van der Waals surface area contributed by atoms with E-state index in [0.29, 0.717) is 30.0 Å². The molecule has 0 saturated carbocycles. The summed E-state index contributed by atoms with van der Waals surface area (Å²) < 4.78 is 24.0. The van der Waals surface area contributed by atoms with Gasteiger partial charge in [0.1, 0.15) is 5.82 Å². The Bertz CT molecular complexity index is 564. The van der Waals surface area contributed by atoms with Crippen molar-refractivity contribution in [3.05, 3.63) is 28.0 Å². The molecule has 1 aliphatic rings. The Balaban J connectivity index is 2.02. The number of rotatable bonds is 7. The second-order valence-electron chi connectivity index (χ2n) is 4.53. The van der Waals surface area contributed by atoms with Crippen LogP contribution in [0.4, 0.5) is 10.1 Å². The van der Waals surface area contributed by atoms with Gasteiger partial charge >= 0.3 is 0 Å². The maximum Gasteiger partial charge on any atom is 0.299 e. The van der Waals surface area contributed by atoms with Crippen molar-refractivity contribution in [3.8, 4) is 0 Å². The highest BCUT2D eigenvalue weighted by Gasteiger charge is 2.37. The van der Waals surface area contributed by atoms with E-state index in [0.717, 1.165) is 12.5 Å². The smallest absolute Gasteiger partial charge is 0.299 e. The van der Waals surface area contributed by atoms with Gasteiger partial charge in [0.25, 0.3) is 11.7 Å². The summed E-state index contributed by atoms with van der Waals surface area (Å²) in [5, 5.41) is 0. The minimum absolute atomic E-state index is 0.0891. The van der Waals surface area contributed by atoms with Crippen LogP contribution in [-0.4, -0.2) is 45.2 Å². The molecule has 0 N–H and O–H groups in total. The highest BCUT2D eigenvalue weighted by molar-refractivity contribution is 9.10. The zero-order valence-electron chi connectivity index (χ0n) is 11.5. The number of nitrogens with zero attached hydrogens (tertiary/aromatic N) is 1. The molecule has 0 fully saturated rings. The molecule has 5 nitrogen and oxygen atoms in total. The molecule has 1 amide bonds. The Morgan fingerprint density at radius 1 is 1.24 bits per heavy atom. The molecule has 21 heavy (non-hydrogen) atoms.